The highest BCUT2D eigenvalue weighted by molar-refractivity contribution is 6.06. The molecule has 176 valence electrons. The normalized spacial score (nSPS) is 20.5. The predicted octanol–water partition coefficient (Wildman–Crippen LogP) is 6.15. The number of benzene rings is 2. The third-order valence-electron chi connectivity index (χ3n) is 7.07. The van der Waals surface area contributed by atoms with Crippen molar-refractivity contribution in [3.8, 4) is 0 Å². The van der Waals surface area contributed by atoms with Crippen LogP contribution >= 0.6 is 0 Å². The summed E-state index contributed by atoms with van der Waals surface area (Å²) in [6.45, 7) is 10.2. The lowest BCUT2D eigenvalue weighted by Crippen LogP contribution is -2.41. The van der Waals surface area contributed by atoms with Crippen LogP contribution in [0, 0.1) is 17.3 Å². The zero-order valence-corrected chi connectivity index (χ0v) is 20.5. The largest absolute Gasteiger partial charge is 0.478 e. The molecular formula is C29H38N2O2. The molecule has 0 aliphatic carbocycles. The average Bonchev–Trinajstić information content (AvgIpc) is 3.52. The molecule has 2 aromatic rings. The minimum Gasteiger partial charge on any atom is -0.478 e. The molecule has 0 radical (unpaired) electrons. The lowest BCUT2D eigenvalue weighted by Gasteiger charge is -2.32. The van der Waals surface area contributed by atoms with Crippen molar-refractivity contribution in [2.75, 3.05) is 13.2 Å². The van der Waals surface area contributed by atoms with Gasteiger partial charge in [0.15, 0.2) is 11.8 Å². The number of ether oxygens (including phenoxy) is 2. The van der Waals surface area contributed by atoms with Crippen LogP contribution in [0.4, 0.5) is 0 Å². The van der Waals surface area contributed by atoms with E-state index in [-0.39, 0.29) is 12.1 Å². The van der Waals surface area contributed by atoms with E-state index >= 15 is 0 Å². The Morgan fingerprint density at radius 2 is 1.09 bits per heavy atom. The van der Waals surface area contributed by atoms with Gasteiger partial charge in [0.25, 0.3) is 0 Å². The minimum absolute atomic E-state index is 0.190. The predicted molar refractivity (Wildman–Crippen MR) is 136 cm³/mol. The second kappa shape index (κ2) is 10.5. The highest BCUT2D eigenvalue weighted by atomic mass is 16.5. The van der Waals surface area contributed by atoms with Gasteiger partial charge in [-0.05, 0) is 48.6 Å². The molecule has 0 unspecified atom stereocenters. The number of hydrogen-bond acceptors (Lipinski definition) is 4. The summed E-state index contributed by atoms with van der Waals surface area (Å²) in [5.74, 6) is 2.55. The van der Waals surface area contributed by atoms with Crippen molar-refractivity contribution in [3.05, 3.63) is 71.8 Å². The van der Waals surface area contributed by atoms with Crippen LogP contribution in [0.2, 0.25) is 0 Å². The van der Waals surface area contributed by atoms with E-state index in [1.54, 1.807) is 0 Å². The summed E-state index contributed by atoms with van der Waals surface area (Å²) < 4.78 is 12.7. The fourth-order valence-electron chi connectivity index (χ4n) is 4.63. The third-order valence-corrected chi connectivity index (χ3v) is 7.07. The van der Waals surface area contributed by atoms with E-state index in [2.05, 4.69) is 88.4 Å². The fraction of sp³-hybridized carbons (Fsp3) is 0.517. The molecule has 4 heteroatoms. The molecular weight excluding hydrogens is 408 g/mol. The van der Waals surface area contributed by atoms with Gasteiger partial charge >= 0.3 is 0 Å². The van der Waals surface area contributed by atoms with E-state index in [4.69, 9.17) is 19.5 Å². The van der Waals surface area contributed by atoms with Crippen LogP contribution < -0.4 is 0 Å². The van der Waals surface area contributed by atoms with Gasteiger partial charge in [0.2, 0.25) is 0 Å². The van der Waals surface area contributed by atoms with Gasteiger partial charge in [0.05, 0.1) is 12.1 Å². The molecule has 4 nitrogen and oxygen atoms in total. The Hall–Kier alpha value is -2.62. The first-order valence-corrected chi connectivity index (χ1v) is 12.5. The molecule has 0 bridgehead atoms. The van der Waals surface area contributed by atoms with E-state index in [1.807, 2.05) is 0 Å². The van der Waals surface area contributed by atoms with Crippen molar-refractivity contribution in [1.29, 1.82) is 0 Å². The van der Waals surface area contributed by atoms with Crippen LogP contribution in [0.25, 0.3) is 0 Å². The van der Waals surface area contributed by atoms with Crippen molar-refractivity contribution in [2.24, 2.45) is 27.2 Å². The molecule has 0 amide bonds. The van der Waals surface area contributed by atoms with Crippen molar-refractivity contribution < 1.29 is 9.47 Å². The summed E-state index contributed by atoms with van der Waals surface area (Å²) in [7, 11) is 0. The Labute approximate surface area is 199 Å². The van der Waals surface area contributed by atoms with Gasteiger partial charge in [0.1, 0.15) is 18.6 Å². The molecule has 2 atom stereocenters. The van der Waals surface area contributed by atoms with Crippen molar-refractivity contribution in [2.45, 2.75) is 65.5 Å². The summed E-state index contributed by atoms with van der Waals surface area (Å²) in [6, 6.07) is 21.8. The summed E-state index contributed by atoms with van der Waals surface area (Å²) in [5.41, 5.74) is 2.19. The maximum absolute atomic E-state index is 6.37. The Morgan fingerprint density at radius 3 is 1.42 bits per heavy atom. The fourth-order valence-corrected chi connectivity index (χ4v) is 4.63. The lowest BCUT2D eigenvalue weighted by molar-refractivity contribution is 0.228. The van der Waals surface area contributed by atoms with Gasteiger partial charge in [-0.1, -0.05) is 88.4 Å². The molecule has 0 saturated carbocycles. The topological polar surface area (TPSA) is 43.2 Å². The zero-order valence-electron chi connectivity index (χ0n) is 20.5. The summed E-state index contributed by atoms with van der Waals surface area (Å²) >= 11 is 0. The molecule has 0 spiro atoms. The number of hydrogen-bond donors (Lipinski definition) is 0. The van der Waals surface area contributed by atoms with E-state index in [1.165, 1.54) is 11.1 Å². The molecule has 2 heterocycles. The van der Waals surface area contributed by atoms with Gasteiger partial charge in [-0.3, -0.25) is 0 Å². The van der Waals surface area contributed by atoms with Crippen molar-refractivity contribution in [3.63, 3.8) is 0 Å². The van der Waals surface area contributed by atoms with Crippen LogP contribution in [0.3, 0.4) is 0 Å². The summed E-state index contributed by atoms with van der Waals surface area (Å²) in [4.78, 5) is 10.3. The van der Waals surface area contributed by atoms with E-state index in [0.29, 0.717) is 25.0 Å². The molecule has 0 saturated heterocycles. The smallest absolute Gasteiger partial charge is 0.199 e. The van der Waals surface area contributed by atoms with Crippen molar-refractivity contribution in [1.82, 2.24) is 0 Å². The highest BCUT2D eigenvalue weighted by Gasteiger charge is 2.48. The van der Waals surface area contributed by atoms with E-state index in [9.17, 15) is 0 Å². The number of rotatable bonds is 10. The molecule has 2 aromatic carbocycles. The Morgan fingerprint density at radius 1 is 0.697 bits per heavy atom. The molecule has 2 aliphatic heterocycles. The molecule has 33 heavy (non-hydrogen) atoms. The van der Waals surface area contributed by atoms with Gasteiger partial charge in [-0.15, -0.1) is 0 Å². The lowest BCUT2D eigenvalue weighted by atomic mass is 9.76. The van der Waals surface area contributed by atoms with Crippen molar-refractivity contribution >= 4 is 11.8 Å². The van der Waals surface area contributed by atoms with Gasteiger partial charge < -0.3 is 9.47 Å². The Bertz CT molecular complexity index is 871. The van der Waals surface area contributed by atoms with Crippen LogP contribution in [-0.2, 0) is 22.3 Å². The Kier molecular flexibility index (Phi) is 7.52. The van der Waals surface area contributed by atoms with Crippen LogP contribution in [0.15, 0.2) is 70.6 Å². The summed E-state index contributed by atoms with van der Waals surface area (Å²) in [5, 5.41) is 0. The molecule has 0 fully saturated rings. The van der Waals surface area contributed by atoms with Gasteiger partial charge in [-0.25, -0.2) is 9.98 Å². The SMILES string of the molecule is CC(C)[C@H]1COC(C(CCc2ccccc2)(CCc2ccccc2)C2=N[C@@H](C(C)C)CO2)=N1. The quantitative estimate of drug-likeness (QED) is 0.440. The molecule has 0 N–H and O–H groups in total. The molecule has 0 aromatic heterocycles. The third kappa shape index (κ3) is 5.48. The highest BCUT2D eigenvalue weighted by Crippen LogP contribution is 2.40. The maximum Gasteiger partial charge on any atom is 0.199 e. The first-order chi connectivity index (χ1) is 16.0. The number of aliphatic imine (C=N–C) groups is 2. The second-order valence-corrected chi connectivity index (χ2v) is 10.2. The second-order valence-electron chi connectivity index (χ2n) is 10.2. The number of nitrogens with zero attached hydrogens (tertiary/aromatic N) is 2. The number of aryl methyl sites for hydroxylation is 2. The van der Waals surface area contributed by atoms with E-state index < -0.39 is 5.41 Å². The molecule has 4 rings (SSSR count). The summed E-state index contributed by atoms with van der Waals surface area (Å²) in [6.07, 6.45) is 3.60. The van der Waals surface area contributed by atoms with Gasteiger partial charge in [-0.2, -0.15) is 0 Å². The zero-order chi connectivity index (χ0) is 23.3. The first kappa shape index (κ1) is 23.5. The monoisotopic (exact) mass is 446 g/mol. The molecule has 2 aliphatic rings. The Balaban J connectivity index is 1.72. The standard InChI is InChI=1S/C29H38N2O2/c1-21(2)25-19-32-27(30-25)29(17-15-23-11-7-5-8-12-23,18-16-24-13-9-6-10-14-24)28-31-26(20-33-28)22(3)4/h5-14,21-22,25-26H,15-20H2,1-4H3/t25-,26-/m1/s1. The maximum atomic E-state index is 6.37. The van der Waals surface area contributed by atoms with Crippen LogP contribution in [0.5, 0.6) is 0 Å². The first-order valence-electron chi connectivity index (χ1n) is 12.5. The van der Waals surface area contributed by atoms with E-state index in [0.717, 1.165) is 37.5 Å². The van der Waals surface area contributed by atoms with Gasteiger partial charge in [0, 0.05) is 0 Å². The van der Waals surface area contributed by atoms with Crippen LogP contribution in [0.1, 0.15) is 51.7 Å². The average molecular weight is 447 g/mol. The minimum atomic E-state index is -0.445. The van der Waals surface area contributed by atoms with Crippen LogP contribution in [-0.4, -0.2) is 37.1 Å².